The fourth-order valence-electron chi connectivity index (χ4n) is 2.64. The molecule has 0 atom stereocenters. The van der Waals surface area contributed by atoms with E-state index >= 15 is 0 Å². The van der Waals surface area contributed by atoms with E-state index < -0.39 is 5.82 Å². The van der Waals surface area contributed by atoms with Crippen LogP contribution in [0.1, 0.15) is 5.56 Å². The summed E-state index contributed by atoms with van der Waals surface area (Å²) < 4.78 is 15.9. The van der Waals surface area contributed by atoms with Gasteiger partial charge < -0.3 is 0 Å². The monoisotopic (exact) mass is 304 g/mol. The van der Waals surface area contributed by atoms with Crippen LogP contribution in [-0.2, 0) is 0 Å². The Morgan fingerprint density at radius 2 is 1.82 bits per heavy atom. The van der Waals surface area contributed by atoms with Crippen LogP contribution in [0.25, 0.3) is 31.4 Å². The lowest BCUT2D eigenvalue weighted by molar-refractivity contribution is 0.638. The zero-order chi connectivity index (χ0) is 15.1. The Bertz CT molecular complexity index is 1050. The molecule has 2 aromatic carbocycles. The molecular formula is C18H9FN2S. The van der Waals surface area contributed by atoms with Crippen LogP contribution in [0.5, 0.6) is 0 Å². The molecule has 4 rings (SSSR count). The Morgan fingerprint density at radius 3 is 2.59 bits per heavy atom. The van der Waals surface area contributed by atoms with Crippen LogP contribution in [0.15, 0.2) is 54.7 Å². The predicted octanol–water partition coefficient (Wildman–Crippen LogP) is 5.13. The second-order valence-corrected chi connectivity index (χ2v) is 5.94. The van der Waals surface area contributed by atoms with Gasteiger partial charge in [-0.15, -0.1) is 11.3 Å². The van der Waals surface area contributed by atoms with E-state index in [1.54, 1.807) is 6.20 Å². The molecule has 2 nitrogen and oxygen atoms in total. The molecular weight excluding hydrogens is 295 g/mol. The molecule has 4 heteroatoms. The van der Waals surface area contributed by atoms with Crippen LogP contribution in [0.4, 0.5) is 4.39 Å². The molecule has 4 aromatic rings. The minimum absolute atomic E-state index is 0.0819. The van der Waals surface area contributed by atoms with E-state index in [4.69, 9.17) is 5.26 Å². The molecule has 2 heterocycles. The number of benzene rings is 2. The van der Waals surface area contributed by atoms with E-state index in [0.29, 0.717) is 4.70 Å². The molecule has 22 heavy (non-hydrogen) atoms. The van der Waals surface area contributed by atoms with Crippen LogP contribution < -0.4 is 0 Å². The number of nitrogens with zero attached hydrogens (tertiary/aromatic N) is 2. The lowest BCUT2D eigenvalue weighted by Crippen LogP contribution is -1.82. The summed E-state index contributed by atoms with van der Waals surface area (Å²) in [5, 5.41) is 10.8. The summed E-state index contributed by atoms with van der Waals surface area (Å²) in [7, 11) is 0. The number of pyridine rings is 1. The second-order valence-electron chi connectivity index (χ2n) is 4.91. The molecule has 0 saturated carbocycles. The van der Waals surface area contributed by atoms with E-state index in [-0.39, 0.29) is 5.56 Å². The van der Waals surface area contributed by atoms with Crippen LogP contribution >= 0.6 is 11.3 Å². The van der Waals surface area contributed by atoms with Crippen LogP contribution in [0.3, 0.4) is 0 Å². The van der Waals surface area contributed by atoms with Crippen molar-refractivity contribution in [1.29, 1.82) is 5.26 Å². The summed E-state index contributed by atoms with van der Waals surface area (Å²) in [6.45, 7) is 0. The second kappa shape index (κ2) is 4.90. The van der Waals surface area contributed by atoms with Crippen molar-refractivity contribution in [1.82, 2.24) is 4.98 Å². The van der Waals surface area contributed by atoms with E-state index in [9.17, 15) is 4.39 Å². The van der Waals surface area contributed by atoms with Gasteiger partial charge in [0.25, 0.3) is 0 Å². The molecule has 0 fully saturated rings. The third-order valence-corrected chi connectivity index (χ3v) is 4.91. The fourth-order valence-corrected chi connectivity index (χ4v) is 3.90. The average Bonchev–Trinajstić information content (AvgIpc) is 2.96. The van der Waals surface area contributed by atoms with E-state index in [1.807, 2.05) is 48.5 Å². The summed E-state index contributed by atoms with van der Waals surface area (Å²) in [4.78, 5) is 4.39. The minimum Gasteiger partial charge on any atom is -0.256 e. The highest BCUT2D eigenvalue weighted by Gasteiger charge is 2.15. The molecule has 104 valence electrons. The molecule has 0 aliphatic rings. The summed E-state index contributed by atoms with van der Waals surface area (Å²) in [5.41, 5.74) is 1.93. The molecule has 0 amide bonds. The largest absolute Gasteiger partial charge is 0.256 e. The van der Waals surface area contributed by atoms with Crippen molar-refractivity contribution in [3.63, 3.8) is 0 Å². The van der Waals surface area contributed by atoms with Crippen LogP contribution in [0, 0.1) is 17.1 Å². The maximum Gasteiger partial charge on any atom is 0.158 e. The highest BCUT2D eigenvalue weighted by atomic mass is 32.1. The number of hydrogen-bond donors (Lipinski definition) is 0. The fraction of sp³-hybridized carbons (Fsp3) is 0. The average molecular weight is 304 g/mol. The van der Waals surface area contributed by atoms with Crippen molar-refractivity contribution in [2.75, 3.05) is 0 Å². The third-order valence-electron chi connectivity index (χ3n) is 3.67. The zero-order valence-electron chi connectivity index (χ0n) is 11.4. The van der Waals surface area contributed by atoms with Crippen molar-refractivity contribution in [2.24, 2.45) is 0 Å². The summed E-state index contributed by atoms with van der Waals surface area (Å²) in [6, 6.07) is 16.9. The van der Waals surface area contributed by atoms with Crippen LogP contribution in [0.2, 0.25) is 0 Å². The Kier molecular flexibility index (Phi) is 2.88. The number of thiophene rings is 1. The number of rotatable bonds is 1. The summed E-state index contributed by atoms with van der Waals surface area (Å²) in [5.74, 6) is -0.437. The Labute approximate surface area is 130 Å². The molecule has 0 aliphatic carbocycles. The van der Waals surface area contributed by atoms with Gasteiger partial charge in [-0.2, -0.15) is 5.26 Å². The lowest BCUT2D eigenvalue weighted by Gasteiger charge is -2.01. The molecule has 0 radical (unpaired) electrons. The van der Waals surface area contributed by atoms with Gasteiger partial charge >= 0.3 is 0 Å². The highest BCUT2D eigenvalue weighted by molar-refractivity contribution is 7.26. The van der Waals surface area contributed by atoms with Crippen molar-refractivity contribution in [3.8, 4) is 17.3 Å². The first kappa shape index (κ1) is 12.9. The van der Waals surface area contributed by atoms with Gasteiger partial charge in [-0.05, 0) is 18.2 Å². The smallest absolute Gasteiger partial charge is 0.158 e. The lowest BCUT2D eigenvalue weighted by atomic mass is 10.1. The first-order valence-electron chi connectivity index (χ1n) is 6.75. The summed E-state index contributed by atoms with van der Waals surface area (Å²) >= 11 is 1.37. The maximum atomic E-state index is 14.4. The normalized spacial score (nSPS) is 10.9. The molecule has 0 saturated heterocycles. The number of hydrogen-bond acceptors (Lipinski definition) is 3. The van der Waals surface area contributed by atoms with E-state index in [1.165, 1.54) is 17.4 Å². The SMILES string of the molecule is N#Cc1ccc2c(sc3c(-c4ccccn4)cccc32)c1F. The number of nitriles is 1. The van der Waals surface area contributed by atoms with Crippen molar-refractivity contribution in [2.45, 2.75) is 0 Å². The number of fused-ring (bicyclic) bond motifs is 3. The first-order chi connectivity index (χ1) is 10.8. The molecule has 0 N–H and O–H groups in total. The standard InChI is InChI=1S/C18H9FN2S/c19-16-11(10-20)7-8-13-12-4-3-5-14(17(12)22-18(13)16)15-6-1-2-9-21-15/h1-9H. The molecule has 0 bridgehead atoms. The third kappa shape index (κ3) is 1.80. The Balaban J connectivity index is 2.12. The predicted molar refractivity (Wildman–Crippen MR) is 87.2 cm³/mol. The van der Waals surface area contributed by atoms with Gasteiger partial charge in [0, 0.05) is 27.2 Å². The van der Waals surface area contributed by atoms with Gasteiger partial charge in [0.1, 0.15) is 6.07 Å². The quantitative estimate of drug-likeness (QED) is 0.489. The summed E-state index contributed by atoms with van der Waals surface area (Å²) in [6.07, 6.45) is 1.75. The maximum absolute atomic E-state index is 14.4. The topological polar surface area (TPSA) is 36.7 Å². The van der Waals surface area contributed by atoms with E-state index in [0.717, 1.165) is 26.7 Å². The van der Waals surface area contributed by atoms with Crippen LogP contribution in [-0.4, -0.2) is 4.98 Å². The van der Waals surface area contributed by atoms with Gasteiger partial charge in [0.05, 0.1) is 16.0 Å². The molecule has 0 unspecified atom stereocenters. The minimum atomic E-state index is -0.437. The Hall–Kier alpha value is -2.77. The van der Waals surface area contributed by atoms with Gasteiger partial charge in [-0.25, -0.2) is 4.39 Å². The Morgan fingerprint density at radius 1 is 0.955 bits per heavy atom. The van der Waals surface area contributed by atoms with Gasteiger partial charge in [-0.3, -0.25) is 4.98 Å². The van der Waals surface area contributed by atoms with Gasteiger partial charge in [0.2, 0.25) is 0 Å². The van der Waals surface area contributed by atoms with Gasteiger partial charge in [0.15, 0.2) is 5.82 Å². The first-order valence-corrected chi connectivity index (χ1v) is 7.56. The van der Waals surface area contributed by atoms with E-state index in [2.05, 4.69) is 4.98 Å². The van der Waals surface area contributed by atoms with Gasteiger partial charge in [-0.1, -0.05) is 30.3 Å². The molecule has 0 spiro atoms. The zero-order valence-corrected chi connectivity index (χ0v) is 12.2. The van der Waals surface area contributed by atoms with Crippen molar-refractivity contribution in [3.05, 3.63) is 66.1 Å². The molecule has 2 aromatic heterocycles. The number of aromatic nitrogens is 1. The van der Waals surface area contributed by atoms with Crippen molar-refractivity contribution >= 4 is 31.5 Å². The number of halogens is 1. The highest BCUT2D eigenvalue weighted by Crippen LogP contribution is 2.40. The van der Waals surface area contributed by atoms with Crippen molar-refractivity contribution < 1.29 is 4.39 Å². The molecule has 0 aliphatic heterocycles.